The number of carbonyl (C=O) groups excluding carboxylic acids is 4. The molecule has 0 spiro atoms. The first-order valence-corrected chi connectivity index (χ1v) is 43.8. The Morgan fingerprint density at radius 2 is 0.490 bits per heavy atom. The van der Waals surface area contributed by atoms with Crippen LogP contribution in [0.4, 0.5) is 0 Å². The van der Waals surface area contributed by atoms with Crippen molar-refractivity contribution in [3.63, 3.8) is 0 Å². The van der Waals surface area contributed by atoms with Gasteiger partial charge in [-0.05, 0) is 49.4 Å². The van der Waals surface area contributed by atoms with E-state index in [1.165, 1.54) is 199 Å². The molecule has 0 saturated heterocycles. The fraction of sp³-hybridized carbons (Fsp3) is 0.949. The number of carbonyl (C=O) groups is 4. The zero-order valence-corrected chi connectivity index (χ0v) is 66.2. The number of hydrogen-bond donors (Lipinski definition) is 3. The molecule has 0 aromatic rings. The van der Waals surface area contributed by atoms with Gasteiger partial charge in [-0.2, -0.15) is 0 Å². The van der Waals surface area contributed by atoms with E-state index in [-0.39, 0.29) is 25.7 Å². The lowest BCUT2D eigenvalue weighted by atomic mass is 9.99. The van der Waals surface area contributed by atoms with Gasteiger partial charge in [0.15, 0.2) is 12.2 Å². The summed E-state index contributed by atoms with van der Waals surface area (Å²) in [6.07, 6.45) is 54.2. The second kappa shape index (κ2) is 68.2. The van der Waals surface area contributed by atoms with Gasteiger partial charge in [0.25, 0.3) is 0 Å². The van der Waals surface area contributed by atoms with Gasteiger partial charge in [0.1, 0.15) is 19.3 Å². The lowest BCUT2D eigenvalue weighted by Crippen LogP contribution is -2.30. The summed E-state index contributed by atoms with van der Waals surface area (Å²) in [7, 11) is -9.92. The van der Waals surface area contributed by atoms with Gasteiger partial charge in [-0.3, -0.25) is 37.3 Å². The van der Waals surface area contributed by atoms with Crippen LogP contribution >= 0.6 is 15.6 Å². The van der Waals surface area contributed by atoms with Crippen molar-refractivity contribution in [2.45, 2.75) is 420 Å². The minimum Gasteiger partial charge on any atom is -0.462 e. The number of aliphatic hydroxyl groups is 1. The highest BCUT2D eigenvalue weighted by Crippen LogP contribution is 2.45. The number of phosphoric ester groups is 2. The SMILES string of the molecule is CCC(C)CCCCCCCCCCCCC(=O)OC[C@H](COP(=O)(O)OC[C@@H](O)COP(=O)(O)OC[C@@H](COC(=O)CCCCCCCCC(C)C)OC(=O)CCCCCCCCCCCCC(C)CC)OC(=O)CCCCCCCCCCCCCCCCCCCCC(C)C. The Morgan fingerprint density at radius 3 is 0.724 bits per heavy atom. The molecule has 0 radical (unpaired) electrons. The molecule has 0 aromatic heterocycles. The summed E-state index contributed by atoms with van der Waals surface area (Å²) in [5.74, 6) is 0.993. The third-order valence-corrected chi connectivity index (χ3v) is 20.9. The van der Waals surface area contributed by atoms with Gasteiger partial charge in [-0.15, -0.1) is 0 Å². The first kappa shape index (κ1) is 96.1. The molecule has 3 N–H and O–H groups in total. The average Bonchev–Trinajstić information content (AvgIpc) is 1.20. The summed E-state index contributed by atoms with van der Waals surface area (Å²) in [5.41, 5.74) is 0. The molecule has 0 amide bonds. The standard InChI is InChI=1S/C79H154O17P2/c1-9-71(7)57-49-41-32-26-21-23-28-34-43-51-59-76(81)89-65-74(95-78(83)61-53-45-35-29-20-18-16-14-12-11-13-15-17-19-25-31-39-47-55-69(3)4)67-93-97(85,86)91-63-73(80)64-92-98(87,88)94-68-75(66-90-77(82)60-52-44-38-37-40-48-56-70(5)6)96-79(84)62-54-46-36-30-24-22-27-33-42-50-58-72(8)10-2/h69-75,80H,9-68H2,1-8H3,(H,85,86)(H,87,88)/t71?,72?,73-,74-,75-/m1/s1. The van der Waals surface area contributed by atoms with E-state index in [0.29, 0.717) is 31.6 Å². The van der Waals surface area contributed by atoms with Gasteiger partial charge in [-0.25, -0.2) is 9.13 Å². The lowest BCUT2D eigenvalue weighted by molar-refractivity contribution is -0.161. The Labute approximate surface area is 600 Å². The Balaban J connectivity index is 5.22. The Morgan fingerprint density at radius 1 is 0.286 bits per heavy atom. The van der Waals surface area contributed by atoms with E-state index in [2.05, 4.69) is 55.4 Å². The van der Waals surface area contributed by atoms with Crippen molar-refractivity contribution < 1.29 is 80.2 Å². The van der Waals surface area contributed by atoms with E-state index in [1.54, 1.807) is 0 Å². The normalized spacial score (nSPS) is 14.6. The van der Waals surface area contributed by atoms with E-state index in [9.17, 15) is 43.2 Å². The summed E-state index contributed by atoms with van der Waals surface area (Å²) in [6, 6.07) is 0. The molecule has 19 heteroatoms. The van der Waals surface area contributed by atoms with Gasteiger partial charge >= 0.3 is 39.5 Å². The van der Waals surface area contributed by atoms with Crippen molar-refractivity contribution in [3.05, 3.63) is 0 Å². The van der Waals surface area contributed by atoms with E-state index in [0.717, 1.165) is 114 Å². The molecule has 7 atom stereocenters. The number of unbranched alkanes of at least 4 members (excludes halogenated alkanes) is 40. The van der Waals surface area contributed by atoms with E-state index < -0.39 is 97.5 Å². The topological polar surface area (TPSA) is 237 Å². The molecule has 0 saturated carbocycles. The summed E-state index contributed by atoms with van der Waals surface area (Å²) >= 11 is 0. The van der Waals surface area contributed by atoms with Crippen LogP contribution in [0.1, 0.15) is 402 Å². The first-order chi connectivity index (χ1) is 47.2. The third-order valence-electron chi connectivity index (χ3n) is 19.0. The van der Waals surface area contributed by atoms with Gasteiger partial charge in [0.2, 0.25) is 0 Å². The van der Waals surface area contributed by atoms with E-state index in [4.69, 9.17) is 37.0 Å². The van der Waals surface area contributed by atoms with Gasteiger partial charge in [0.05, 0.1) is 26.4 Å². The predicted octanol–water partition coefficient (Wildman–Crippen LogP) is 23.2. The van der Waals surface area contributed by atoms with Crippen molar-refractivity contribution in [1.82, 2.24) is 0 Å². The van der Waals surface area contributed by atoms with Crippen LogP contribution in [0.3, 0.4) is 0 Å². The molecule has 98 heavy (non-hydrogen) atoms. The molecule has 0 aromatic carbocycles. The van der Waals surface area contributed by atoms with Crippen molar-refractivity contribution >= 4 is 39.5 Å². The van der Waals surface area contributed by atoms with Gasteiger partial charge < -0.3 is 33.8 Å². The molecule has 0 aliphatic rings. The Kier molecular flexibility index (Phi) is 66.8. The van der Waals surface area contributed by atoms with Crippen molar-refractivity contribution in [3.8, 4) is 0 Å². The lowest BCUT2D eigenvalue weighted by Gasteiger charge is -2.21. The predicted molar refractivity (Wildman–Crippen MR) is 400 cm³/mol. The molecule has 582 valence electrons. The number of phosphoric acid groups is 2. The van der Waals surface area contributed by atoms with Gasteiger partial charge in [-0.1, -0.05) is 351 Å². The first-order valence-electron chi connectivity index (χ1n) is 40.8. The van der Waals surface area contributed by atoms with Crippen LogP contribution in [0.15, 0.2) is 0 Å². The van der Waals surface area contributed by atoms with Crippen LogP contribution in [0, 0.1) is 23.7 Å². The summed E-state index contributed by atoms with van der Waals surface area (Å²) in [5, 5.41) is 10.6. The Bertz CT molecular complexity index is 1920. The Hall–Kier alpha value is -1.94. The average molecular weight is 1440 g/mol. The van der Waals surface area contributed by atoms with Gasteiger partial charge in [0, 0.05) is 25.7 Å². The number of aliphatic hydroxyl groups excluding tert-OH is 1. The highest BCUT2D eigenvalue weighted by Gasteiger charge is 2.30. The van der Waals surface area contributed by atoms with E-state index in [1.807, 2.05) is 0 Å². The number of esters is 4. The number of rotatable bonds is 76. The maximum atomic E-state index is 13.1. The van der Waals surface area contributed by atoms with Crippen molar-refractivity contribution in [2.75, 3.05) is 39.6 Å². The highest BCUT2D eigenvalue weighted by atomic mass is 31.2. The third kappa shape index (κ3) is 69.8. The fourth-order valence-electron chi connectivity index (χ4n) is 12.0. The molecule has 4 unspecified atom stereocenters. The minimum absolute atomic E-state index is 0.105. The molecule has 0 aliphatic heterocycles. The van der Waals surface area contributed by atoms with Crippen molar-refractivity contribution in [1.29, 1.82) is 0 Å². The van der Waals surface area contributed by atoms with Crippen LogP contribution in [0.5, 0.6) is 0 Å². The van der Waals surface area contributed by atoms with Crippen LogP contribution in [-0.2, 0) is 65.4 Å². The fourth-order valence-corrected chi connectivity index (χ4v) is 13.6. The van der Waals surface area contributed by atoms with Crippen molar-refractivity contribution in [2.24, 2.45) is 23.7 Å². The van der Waals surface area contributed by atoms with Crippen LogP contribution < -0.4 is 0 Å². The molecule has 0 heterocycles. The molecule has 0 rings (SSSR count). The second-order valence-electron chi connectivity index (χ2n) is 29.9. The maximum Gasteiger partial charge on any atom is 0.472 e. The van der Waals surface area contributed by atoms with Crippen LogP contribution in [0.25, 0.3) is 0 Å². The molecule has 0 aliphatic carbocycles. The van der Waals surface area contributed by atoms with Crippen LogP contribution in [0.2, 0.25) is 0 Å². The largest absolute Gasteiger partial charge is 0.472 e. The number of ether oxygens (including phenoxy) is 4. The molecule has 17 nitrogen and oxygen atoms in total. The molecular formula is C79H154O17P2. The molecule has 0 fully saturated rings. The monoisotopic (exact) mass is 1440 g/mol. The zero-order chi connectivity index (χ0) is 72.4. The summed E-state index contributed by atoms with van der Waals surface area (Å²) in [4.78, 5) is 72.9. The molecular weight excluding hydrogens is 1280 g/mol. The maximum absolute atomic E-state index is 13.1. The second-order valence-corrected chi connectivity index (χ2v) is 32.8. The smallest absolute Gasteiger partial charge is 0.462 e. The zero-order valence-electron chi connectivity index (χ0n) is 64.4. The summed E-state index contributed by atoms with van der Waals surface area (Å²) in [6.45, 7) is 14.2. The minimum atomic E-state index is -4.96. The number of hydrogen-bond acceptors (Lipinski definition) is 15. The van der Waals surface area contributed by atoms with Crippen LogP contribution in [-0.4, -0.2) is 96.7 Å². The summed E-state index contributed by atoms with van der Waals surface area (Å²) < 4.78 is 68.6. The highest BCUT2D eigenvalue weighted by molar-refractivity contribution is 7.47. The molecule has 0 bridgehead atoms. The quantitative estimate of drug-likeness (QED) is 0.0222. The van der Waals surface area contributed by atoms with E-state index >= 15 is 0 Å².